The molecule has 1 aromatic heterocycles. The Hall–Kier alpha value is -1.39. The molecule has 0 radical (unpaired) electrons. The Kier molecular flexibility index (Phi) is 4.73. The van der Waals surface area contributed by atoms with Crippen LogP contribution in [0.15, 0.2) is 6.20 Å². The minimum absolute atomic E-state index is 0.283. The zero-order valence-corrected chi connectivity index (χ0v) is 10.9. The van der Waals surface area contributed by atoms with Crippen LogP contribution in [0.25, 0.3) is 0 Å². The third-order valence-electron chi connectivity index (χ3n) is 3.09. The third-order valence-corrected chi connectivity index (χ3v) is 3.09. The lowest BCUT2D eigenvalue weighted by Crippen LogP contribution is -2.31. The summed E-state index contributed by atoms with van der Waals surface area (Å²) in [5, 5.41) is 0. The van der Waals surface area contributed by atoms with Crippen LogP contribution in [-0.2, 0) is 0 Å². The van der Waals surface area contributed by atoms with E-state index in [1.54, 1.807) is 0 Å². The molecule has 0 aliphatic carbocycles. The molecule has 0 unspecified atom stereocenters. The van der Waals surface area contributed by atoms with Gasteiger partial charge in [-0.15, -0.1) is 0 Å². The molecule has 1 fully saturated rings. The quantitative estimate of drug-likeness (QED) is 0.756. The fourth-order valence-electron chi connectivity index (χ4n) is 2.05. The fraction of sp³-hybridized carbons (Fsp3) is 0.692. The second-order valence-electron chi connectivity index (χ2n) is 4.57. The van der Waals surface area contributed by atoms with E-state index in [1.165, 1.54) is 12.6 Å². The molecule has 0 aromatic carbocycles. The van der Waals surface area contributed by atoms with Gasteiger partial charge in [-0.25, -0.2) is 9.37 Å². The van der Waals surface area contributed by atoms with E-state index in [4.69, 9.17) is 4.74 Å². The number of unbranched alkanes of at least 4 members (excludes halogenated alkanes) is 1. The predicted octanol–water partition coefficient (Wildman–Crippen LogP) is 2.78. The molecular weight excluding hydrogens is 233 g/mol. The van der Waals surface area contributed by atoms with Crippen LogP contribution in [0.1, 0.15) is 39.0 Å². The first-order chi connectivity index (χ1) is 8.81. The highest BCUT2D eigenvalue weighted by Crippen LogP contribution is 2.22. The van der Waals surface area contributed by atoms with Gasteiger partial charge in [-0.2, -0.15) is 4.98 Å². The minimum Gasteiger partial charge on any atom is -0.463 e. The molecule has 0 bridgehead atoms. The molecule has 4 nitrogen and oxygen atoms in total. The van der Waals surface area contributed by atoms with Gasteiger partial charge in [0.25, 0.3) is 0 Å². The maximum atomic E-state index is 13.7. The van der Waals surface area contributed by atoms with Crippen molar-refractivity contribution in [3.8, 4) is 6.01 Å². The van der Waals surface area contributed by atoms with Gasteiger partial charge in [0.15, 0.2) is 11.6 Å². The summed E-state index contributed by atoms with van der Waals surface area (Å²) in [5.74, 6) is 0.0240. The first kappa shape index (κ1) is 13.1. The van der Waals surface area contributed by atoms with Crippen molar-refractivity contribution in [1.29, 1.82) is 0 Å². The number of nitrogens with zero attached hydrogens (tertiary/aromatic N) is 3. The van der Waals surface area contributed by atoms with E-state index < -0.39 is 0 Å². The van der Waals surface area contributed by atoms with Crippen LogP contribution < -0.4 is 9.64 Å². The van der Waals surface area contributed by atoms with E-state index in [9.17, 15) is 4.39 Å². The number of hydrogen-bond donors (Lipinski definition) is 0. The molecular formula is C13H20FN3O. The van der Waals surface area contributed by atoms with Crippen LogP contribution in [-0.4, -0.2) is 29.7 Å². The van der Waals surface area contributed by atoms with Crippen molar-refractivity contribution < 1.29 is 9.13 Å². The van der Waals surface area contributed by atoms with Crippen LogP contribution in [0.2, 0.25) is 0 Å². The lowest BCUT2D eigenvalue weighted by atomic mass is 10.1. The van der Waals surface area contributed by atoms with Gasteiger partial charge in [-0.1, -0.05) is 13.3 Å². The highest BCUT2D eigenvalue weighted by molar-refractivity contribution is 5.40. The molecule has 0 N–H and O–H groups in total. The van der Waals surface area contributed by atoms with E-state index in [2.05, 4.69) is 16.9 Å². The summed E-state index contributed by atoms with van der Waals surface area (Å²) in [6.45, 7) is 4.40. The lowest BCUT2D eigenvalue weighted by Gasteiger charge is -2.27. The maximum absolute atomic E-state index is 13.7. The predicted molar refractivity (Wildman–Crippen MR) is 68.5 cm³/mol. The molecule has 18 heavy (non-hydrogen) atoms. The Morgan fingerprint density at radius 3 is 2.83 bits per heavy atom. The standard InChI is InChI=1S/C13H20FN3O/c1-2-3-9-18-13-15-10-11(14)12(16-13)17-7-5-4-6-8-17/h10H,2-9H2,1H3. The van der Waals surface area contributed by atoms with Gasteiger partial charge in [0.2, 0.25) is 0 Å². The van der Waals surface area contributed by atoms with Crippen molar-refractivity contribution in [1.82, 2.24) is 9.97 Å². The van der Waals surface area contributed by atoms with Crippen LogP contribution in [0.3, 0.4) is 0 Å². The summed E-state index contributed by atoms with van der Waals surface area (Å²) in [6.07, 6.45) is 6.62. The van der Waals surface area contributed by atoms with E-state index in [0.717, 1.165) is 38.8 Å². The van der Waals surface area contributed by atoms with Gasteiger partial charge in [0.05, 0.1) is 12.8 Å². The summed E-state index contributed by atoms with van der Waals surface area (Å²) in [6, 6.07) is 0.283. The molecule has 0 amide bonds. The number of piperidine rings is 1. The molecule has 2 heterocycles. The van der Waals surface area contributed by atoms with Crippen molar-refractivity contribution >= 4 is 5.82 Å². The summed E-state index contributed by atoms with van der Waals surface area (Å²) < 4.78 is 19.1. The zero-order chi connectivity index (χ0) is 12.8. The Morgan fingerprint density at radius 1 is 1.33 bits per heavy atom. The Bertz CT molecular complexity index is 380. The average molecular weight is 253 g/mol. The van der Waals surface area contributed by atoms with E-state index >= 15 is 0 Å². The van der Waals surface area contributed by atoms with Crippen molar-refractivity contribution in [2.24, 2.45) is 0 Å². The van der Waals surface area contributed by atoms with Crippen molar-refractivity contribution in [2.75, 3.05) is 24.6 Å². The monoisotopic (exact) mass is 253 g/mol. The van der Waals surface area contributed by atoms with Crippen LogP contribution in [0, 0.1) is 5.82 Å². The Balaban J connectivity index is 2.05. The largest absolute Gasteiger partial charge is 0.463 e. The molecule has 2 rings (SSSR count). The number of aromatic nitrogens is 2. The Morgan fingerprint density at radius 2 is 2.11 bits per heavy atom. The molecule has 5 heteroatoms. The van der Waals surface area contributed by atoms with E-state index in [0.29, 0.717) is 12.4 Å². The van der Waals surface area contributed by atoms with Gasteiger partial charge in [-0.05, 0) is 25.7 Å². The molecule has 0 atom stereocenters. The molecule has 0 saturated carbocycles. The average Bonchev–Trinajstić information content (AvgIpc) is 2.42. The number of hydrogen-bond acceptors (Lipinski definition) is 4. The van der Waals surface area contributed by atoms with Gasteiger partial charge in [0, 0.05) is 13.1 Å². The van der Waals surface area contributed by atoms with Gasteiger partial charge >= 0.3 is 6.01 Å². The molecule has 1 aliphatic heterocycles. The van der Waals surface area contributed by atoms with Crippen LogP contribution >= 0.6 is 0 Å². The van der Waals surface area contributed by atoms with Crippen LogP contribution in [0.5, 0.6) is 6.01 Å². The highest BCUT2D eigenvalue weighted by Gasteiger charge is 2.17. The molecule has 1 aliphatic rings. The van der Waals surface area contributed by atoms with Crippen molar-refractivity contribution in [3.05, 3.63) is 12.0 Å². The van der Waals surface area contributed by atoms with Gasteiger partial charge in [-0.3, -0.25) is 0 Å². The molecule has 1 saturated heterocycles. The summed E-state index contributed by atoms with van der Waals surface area (Å²) in [5.41, 5.74) is 0. The van der Waals surface area contributed by atoms with E-state index in [1.807, 2.05) is 4.90 Å². The molecule has 100 valence electrons. The maximum Gasteiger partial charge on any atom is 0.318 e. The zero-order valence-electron chi connectivity index (χ0n) is 10.9. The first-order valence-corrected chi connectivity index (χ1v) is 6.71. The smallest absolute Gasteiger partial charge is 0.318 e. The summed E-state index contributed by atoms with van der Waals surface area (Å²) in [7, 11) is 0. The summed E-state index contributed by atoms with van der Waals surface area (Å²) in [4.78, 5) is 10.0. The fourth-order valence-corrected chi connectivity index (χ4v) is 2.05. The SMILES string of the molecule is CCCCOc1ncc(F)c(N2CCCCC2)n1. The number of rotatable bonds is 5. The topological polar surface area (TPSA) is 38.2 Å². The number of anilines is 1. The Labute approximate surface area is 107 Å². The number of ether oxygens (including phenoxy) is 1. The van der Waals surface area contributed by atoms with E-state index in [-0.39, 0.29) is 11.8 Å². The normalized spacial score (nSPS) is 15.8. The highest BCUT2D eigenvalue weighted by atomic mass is 19.1. The lowest BCUT2D eigenvalue weighted by molar-refractivity contribution is 0.284. The first-order valence-electron chi connectivity index (χ1n) is 6.71. The van der Waals surface area contributed by atoms with Crippen molar-refractivity contribution in [2.45, 2.75) is 39.0 Å². The van der Waals surface area contributed by atoms with Crippen LogP contribution in [0.4, 0.5) is 10.2 Å². The molecule has 1 aromatic rings. The van der Waals surface area contributed by atoms with Gasteiger partial charge in [0.1, 0.15) is 0 Å². The minimum atomic E-state index is -0.361. The third kappa shape index (κ3) is 3.31. The van der Waals surface area contributed by atoms with Crippen molar-refractivity contribution in [3.63, 3.8) is 0 Å². The van der Waals surface area contributed by atoms with Gasteiger partial charge < -0.3 is 9.64 Å². The second-order valence-corrected chi connectivity index (χ2v) is 4.57. The summed E-state index contributed by atoms with van der Waals surface area (Å²) >= 11 is 0. The number of halogens is 1. The molecule has 0 spiro atoms. The second kappa shape index (κ2) is 6.52.